The van der Waals surface area contributed by atoms with Crippen molar-refractivity contribution in [2.24, 2.45) is 0 Å². The van der Waals surface area contributed by atoms with Crippen LogP contribution in [0.25, 0.3) is 0 Å². The van der Waals surface area contributed by atoms with E-state index in [0.29, 0.717) is 11.6 Å². The molecule has 0 aliphatic rings. The number of alkyl halides is 1. The van der Waals surface area contributed by atoms with E-state index >= 15 is 0 Å². The van der Waals surface area contributed by atoms with Crippen molar-refractivity contribution in [3.8, 4) is 0 Å². The van der Waals surface area contributed by atoms with Crippen LogP contribution in [-0.2, 0) is 12.3 Å². The third-order valence-electron chi connectivity index (χ3n) is 2.66. The van der Waals surface area contributed by atoms with Gasteiger partial charge in [0.15, 0.2) is 0 Å². The van der Waals surface area contributed by atoms with E-state index in [-0.39, 0.29) is 5.82 Å². The molecule has 0 N–H and O–H groups in total. The smallest absolute Gasteiger partial charge is 0.146 e. The number of halogens is 2. The van der Waals surface area contributed by atoms with Crippen LogP contribution >= 0.6 is 22.9 Å². The summed E-state index contributed by atoms with van der Waals surface area (Å²) in [4.78, 5) is 6.28. The van der Waals surface area contributed by atoms with Crippen molar-refractivity contribution in [2.45, 2.75) is 12.3 Å². The van der Waals surface area contributed by atoms with E-state index < -0.39 is 0 Å². The van der Waals surface area contributed by atoms with Gasteiger partial charge >= 0.3 is 0 Å². The molecule has 2 rings (SSSR count). The molecule has 0 fully saturated rings. The molecule has 0 spiro atoms. The minimum Gasteiger partial charge on any atom is -0.372 e. The molecule has 2 aromatic rings. The summed E-state index contributed by atoms with van der Waals surface area (Å²) >= 11 is 7.30. The van der Waals surface area contributed by atoms with Gasteiger partial charge in [-0.25, -0.2) is 9.37 Å². The van der Waals surface area contributed by atoms with Gasteiger partial charge in [-0.3, -0.25) is 0 Å². The lowest BCUT2D eigenvalue weighted by Crippen LogP contribution is -2.21. The molecule has 0 amide bonds. The van der Waals surface area contributed by atoms with Crippen LogP contribution in [0.4, 0.5) is 10.1 Å². The highest BCUT2D eigenvalue weighted by Crippen LogP contribution is 2.18. The molecule has 0 unspecified atom stereocenters. The zero-order chi connectivity index (χ0) is 13.0. The first-order valence-corrected chi connectivity index (χ1v) is 7.07. The Morgan fingerprint density at radius 2 is 2.17 bits per heavy atom. The molecular formula is C13H14ClFN2S. The van der Waals surface area contributed by atoms with Crippen LogP contribution in [0.15, 0.2) is 29.6 Å². The summed E-state index contributed by atoms with van der Waals surface area (Å²) in [5, 5.41) is 3.00. The number of nitrogens with zero attached hydrogens (tertiary/aromatic N) is 2. The molecule has 18 heavy (non-hydrogen) atoms. The zero-order valence-corrected chi connectivity index (χ0v) is 11.6. The Morgan fingerprint density at radius 1 is 1.39 bits per heavy atom. The number of anilines is 1. The molecule has 1 aromatic carbocycles. The van der Waals surface area contributed by atoms with E-state index in [2.05, 4.69) is 4.98 Å². The van der Waals surface area contributed by atoms with Gasteiger partial charge in [0.25, 0.3) is 0 Å². The molecule has 0 radical (unpaired) electrons. The summed E-state index contributed by atoms with van der Waals surface area (Å²) in [5.74, 6) is 0.250. The Labute approximate surface area is 115 Å². The van der Waals surface area contributed by atoms with Crippen molar-refractivity contribution in [2.75, 3.05) is 18.5 Å². The van der Waals surface area contributed by atoms with Crippen LogP contribution in [-0.4, -0.2) is 18.6 Å². The Kier molecular flexibility index (Phi) is 4.55. The summed E-state index contributed by atoms with van der Waals surface area (Å²) in [6.07, 6.45) is 0.798. The highest BCUT2D eigenvalue weighted by Gasteiger charge is 2.08. The van der Waals surface area contributed by atoms with E-state index in [1.54, 1.807) is 23.5 Å². The molecule has 96 valence electrons. The Morgan fingerprint density at radius 3 is 2.83 bits per heavy atom. The largest absolute Gasteiger partial charge is 0.372 e. The van der Waals surface area contributed by atoms with Crippen LogP contribution in [0.1, 0.15) is 10.7 Å². The van der Waals surface area contributed by atoms with E-state index in [1.165, 1.54) is 6.07 Å². The fourth-order valence-electron chi connectivity index (χ4n) is 1.67. The average molecular weight is 285 g/mol. The second-order valence-electron chi connectivity index (χ2n) is 3.99. The fourth-order valence-corrected chi connectivity index (χ4v) is 2.69. The van der Waals surface area contributed by atoms with Crippen LogP contribution < -0.4 is 4.90 Å². The number of benzene rings is 1. The van der Waals surface area contributed by atoms with Crippen LogP contribution in [0.3, 0.4) is 0 Å². The van der Waals surface area contributed by atoms with Crippen molar-refractivity contribution in [1.82, 2.24) is 4.98 Å². The minimum atomic E-state index is -0.194. The van der Waals surface area contributed by atoms with Gasteiger partial charge in [0, 0.05) is 25.4 Å². The van der Waals surface area contributed by atoms with Crippen molar-refractivity contribution in [3.05, 3.63) is 46.2 Å². The van der Waals surface area contributed by atoms with Gasteiger partial charge in [-0.15, -0.1) is 22.9 Å². The number of rotatable bonds is 5. The van der Waals surface area contributed by atoms with E-state index in [1.807, 2.05) is 23.4 Å². The molecule has 1 heterocycles. The van der Waals surface area contributed by atoms with Gasteiger partial charge in [-0.05, 0) is 12.1 Å². The van der Waals surface area contributed by atoms with Gasteiger partial charge in [0.2, 0.25) is 0 Å². The lowest BCUT2D eigenvalue weighted by molar-refractivity contribution is 0.622. The minimum absolute atomic E-state index is 0.194. The topological polar surface area (TPSA) is 16.1 Å². The number of para-hydroxylation sites is 1. The highest BCUT2D eigenvalue weighted by molar-refractivity contribution is 7.09. The second kappa shape index (κ2) is 6.16. The SMILES string of the molecule is CN(CCc1nc(CCl)cs1)c1ccccc1F. The molecule has 0 saturated heterocycles. The lowest BCUT2D eigenvalue weighted by Gasteiger charge is -2.19. The third kappa shape index (κ3) is 3.21. The van der Waals surface area contributed by atoms with Crippen LogP contribution in [0.2, 0.25) is 0 Å². The average Bonchev–Trinajstić information content (AvgIpc) is 2.84. The number of hydrogen-bond donors (Lipinski definition) is 0. The highest BCUT2D eigenvalue weighted by atomic mass is 35.5. The van der Waals surface area contributed by atoms with E-state index in [9.17, 15) is 4.39 Å². The fraction of sp³-hybridized carbons (Fsp3) is 0.308. The summed E-state index contributed by atoms with van der Waals surface area (Å²) in [5.41, 5.74) is 1.52. The normalized spacial score (nSPS) is 10.6. The summed E-state index contributed by atoms with van der Waals surface area (Å²) in [6, 6.07) is 6.78. The third-order valence-corrected chi connectivity index (χ3v) is 3.89. The molecule has 0 bridgehead atoms. The predicted octanol–water partition coefficient (Wildman–Crippen LogP) is 3.70. The Bertz CT molecular complexity index is 515. The first kappa shape index (κ1) is 13.3. The molecule has 1 aromatic heterocycles. The number of thiazole rings is 1. The molecule has 0 atom stereocenters. The molecule has 5 heteroatoms. The standard InChI is InChI=1S/C13H14ClFN2S/c1-17(12-5-3-2-4-11(12)15)7-6-13-16-10(8-14)9-18-13/h2-5,9H,6-8H2,1H3. The van der Waals surface area contributed by atoms with Crippen LogP contribution in [0, 0.1) is 5.82 Å². The molecule has 2 nitrogen and oxygen atoms in total. The lowest BCUT2D eigenvalue weighted by atomic mass is 10.2. The summed E-state index contributed by atoms with van der Waals surface area (Å²) in [6.45, 7) is 0.732. The quantitative estimate of drug-likeness (QED) is 0.778. The van der Waals surface area contributed by atoms with Crippen molar-refractivity contribution in [3.63, 3.8) is 0 Å². The van der Waals surface area contributed by atoms with Gasteiger partial charge in [0.1, 0.15) is 5.82 Å². The first-order chi connectivity index (χ1) is 8.70. The summed E-state index contributed by atoms with van der Waals surface area (Å²) < 4.78 is 13.6. The van der Waals surface area contributed by atoms with E-state index in [4.69, 9.17) is 11.6 Å². The monoisotopic (exact) mass is 284 g/mol. The number of aromatic nitrogens is 1. The van der Waals surface area contributed by atoms with Gasteiger partial charge in [-0.1, -0.05) is 12.1 Å². The Balaban J connectivity index is 1.96. The summed E-state index contributed by atoms with van der Waals surface area (Å²) in [7, 11) is 1.88. The predicted molar refractivity (Wildman–Crippen MR) is 75.0 cm³/mol. The zero-order valence-electron chi connectivity index (χ0n) is 10.1. The van der Waals surface area contributed by atoms with Crippen molar-refractivity contribution >= 4 is 28.6 Å². The number of hydrogen-bond acceptors (Lipinski definition) is 3. The maximum absolute atomic E-state index is 13.6. The molecule has 0 aliphatic carbocycles. The Hall–Kier alpha value is -1.13. The first-order valence-electron chi connectivity index (χ1n) is 5.65. The van der Waals surface area contributed by atoms with Crippen molar-refractivity contribution in [1.29, 1.82) is 0 Å². The van der Waals surface area contributed by atoms with Crippen molar-refractivity contribution < 1.29 is 4.39 Å². The molecule has 0 aliphatic heterocycles. The van der Waals surface area contributed by atoms with Gasteiger partial charge < -0.3 is 4.90 Å². The maximum atomic E-state index is 13.6. The second-order valence-corrected chi connectivity index (χ2v) is 5.20. The number of likely N-dealkylation sites (N-methyl/N-ethyl adjacent to an activating group) is 1. The van der Waals surface area contributed by atoms with Gasteiger partial charge in [-0.2, -0.15) is 0 Å². The van der Waals surface area contributed by atoms with Gasteiger partial charge in [0.05, 0.1) is 22.3 Å². The molecule has 0 saturated carbocycles. The van der Waals surface area contributed by atoms with Crippen LogP contribution in [0.5, 0.6) is 0 Å². The van der Waals surface area contributed by atoms with E-state index in [0.717, 1.165) is 23.7 Å². The molecular weight excluding hydrogens is 271 g/mol. The maximum Gasteiger partial charge on any atom is 0.146 e.